The zero-order valence-electron chi connectivity index (χ0n) is 18.8. The van der Waals surface area contributed by atoms with Gasteiger partial charge in [-0.1, -0.05) is 30.3 Å². The number of hydrogen-bond donors (Lipinski definition) is 0. The predicted octanol–water partition coefficient (Wildman–Crippen LogP) is 5.11. The van der Waals surface area contributed by atoms with Gasteiger partial charge in [-0.2, -0.15) is 0 Å². The van der Waals surface area contributed by atoms with Gasteiger partial charge < -0.3 is 18.9 Å². The third-order valence-corrected chi connectivity index (χ3v) is 4.94. The molecule has 6 nitrogen and oxygen atoms in total. The van der Waals surface area contributed by atoms with Crippen molar-refractivity contribution in [1.29, 1.82) is 0 Å². The first-order valence-corrected chi connectivity index (χ1v) is 10.6. The van der Waals surface area contributed by atoms with Crippen molar-refractivity contribution < 1.29 is 23.7 Å². The standard InChI is InChI=1S/C27H25NO5/c1-18-13-19(2)15-22(14-18)31-11-12-32-24-10-9-20(17-25(24)30-3)16-23-27(29)33-26(28-23)21-7-5-4-6-8-21/h4-10,13-17H,11-12H2,1-3H3. The SMILES string of the molecule is COc1cc(C=C2N=C(c3ccccc3)OC2=O)ccc1OCCOc1cc(C)cc(C)c1. The van der Waals surface area contributed by atoms with Crippen LogP contribution in [0.15, 0.2) is 77.4 Å². The summed E-state index contributed by atoms with van der Waals surface area (Å²) in [6.45, 7) is 4.84. The Kier molecular flexibility index (Phi) is 6.74. The molecule has 1 heterocycles. The molecule has 3 aromatic rings. The van der Waals surface area contributed by atoms with Gasteiger partial charge in [-0.05, 0) is 73.0 Å². The number of aryl methyl sites for hydroxylation is 2. The molecule has 0 fully saturated rings. The summed E-state index contributed by atoms with van der Waals surface area (Å²) in [7, 11) is 1.57. The van der Waals surface area contributed by atoms with Gasteiger partial charge in [-0.3, -0.25) is 0 Å². The highest BCUT2D eigenvalue weighted by atomic mass is 16.6. The molecule has 4 rings (SSSR count). The van der Waals surface area contributed by atoms with Crippen molar-refractivity contribution in [3.63, 3.8) is 0 Å². The Balaban J connectivity index is 1.41. The van der Waals surface area contributed by atoms with Crippen LogP contribution in [0.5, 0.6) is 17.2 Å². The maximum absolute atomic E-state index is 12.2. The van der Waals surface area contributed by atoms with Crippen LogP contribution in [-0.2, 0) is 9.53 Å². The molecule has 0 saturated heterocycles. The van der Waals surface area contributed by atoms with Gasteiger partial charge in [-0.15, -0.1) is 0 Å². The van der Waals surface area contributed by atoms with E-state index < -0.39 is 5.97 Å². The lowest BCUT2D eigenvalue weighted by Gasteiger charge is -2.12. The van der Waals surface area contributed by atoms with Gasteiger partial charge in [0.2, 0.25) is 5.90 Å². The van der Waals surface area contributed by atoms with Crippen molar-refractivity contribution in [3.8, 4) is 17.2 Å². The minimum absolute atomic E-state index is 0.228. The quantitative estimate of drug-likeness (QED) is 0.275. The number of hydrogen-bond acceptors (Lipinski definition) is 6. The highest BCUT2D eigenvalue weighted by Crippen LogP contribution is 2.30. The smallest absolute Gasteiger partial charge is 0.363 e. The third-order valence-electron chi connectivity index (χ3n) is 4.94. The van der Waals surface area contributed by atoms with E-state index in [0.29, 0.717) is 30.6 Å². The van der Waals surface area contributed by atoms with E-state index in [1.165, 1.54) is 0 Å². The van der Waals surface area contributed by atoms with E-state index in [9.17, 15) is 4.79 Å². The summed E-state index contributed by atoms with van der Waals surface area (Å²) in [4.78, 5) is 16.6. The Hall–Kier alpha value is -4.06. The van der Waals surface area contributed by atoms with Crippen LogP contribution >= 0.6 is 0 Å². The van der Waals surface area contributed by atoms with Gasteiger partial charge in [0.05, 0.1) is 7.11 Å². The number of aliphatic imine (C=N–C) groups is 1. The highest BCUT2D eigenvalue weighted by Gasteiger charge is 2.24. The van der Waals surface area contributed by atoms with E-state index in [1.54, 1.807) is 25.3 Å². The molecule has 1 aliphatic rings. The average molecular weight is 443 g/mol. The highest BCUT2D eigenvalue weighted by molar-refractivity contribution is 6.12. The molecule has 1 aliphatic heterocycles. The summed E-state index contributed by atoms with van der Waals surface area (Å²) >= 11 is 0. The molecule has 0 amide bonds. The summed E-state index contributed by atoms with van der Waals surface area (Å²) in [6, 6.07) is 20.8. The molecule has 0 aromatic heterocycles. The third kappa shape index (κ3) is 5.60. The van der Waals surface area contributed by atoms with Crippen LogP contribution in [0, 0.1) is 13.8 Å². The number of carbonyl (C=O) groups excluding carboxylic acids is 1. The lowest BCUT2D eigenvalue weighted by Crippen LogP contribution is -2.09. The molecule has 0 spiro atoms. The van der Waals surface area contributed by atoms with Crippen molar-refractivity contribution in [2.24, 2.45) is 4.99 Å². The average Bonchev–Trinajstić information content (AvgIpc) is 3.17. The molecule has 0 radical (unpaired) electrons. The second-order valence-electron chi connectivity index (χ2n) is 7.63. The van der Waals surface area contributed by atoms with Gasteiger partial charge in [0.25, 0.3) is 0 Å². The van der Waals surface area contributed by atoms with Crippen molar-refractivity contribution >= 4 is 17.9 Å². The molecule has 0 saturated carbocycles. The van der Waals surface area contributed by atoms with Crippen molar-refractivity contribution in [2.75, 3.05) is 20.3 Å². The van der Waals surface area contributed by atoms with Gasteiger partial charge >= 0.3 is 5.97 Å². The summed E-state index contributed by atoms with van der Waals surface area (Å²) in [6.07, 6.45) is 1.66. The topological polar surface area (TPSA) is 66.4 Å². The van der Waals surface area contributed by atoms with Crippen LogP contribution in [0.4, 0.5) is 0 Å². The monoisotopic (exact) mass is 443 g/mol. The normalized spacial score (nSPS) is 14.1. The zero-order valence-corrected chi connectivity index (χ0v) is 18.8. The minimum Gasteiger partial charge on any atom is -0.493 e. The summed E-state index contributed by atoms with van der Waals surface area (Å²) < 4.78 is 22.4. The molecule has 0 N–H and O–H groups in total. The summed E-state index contributed by atoms with van der Waals surface area (Å²) in [5.74, 6) is 1.77. The second-order valence-corrected chi connectivity index (χ2v) is 7.63. The van der Waals surface area contributed by atoms with E-state index in [1.807, 2.05) is 62.4 Å². The van der Waals surface area contributed by atoms with Crippen LogP contribution in [0.3, 0.4) is 0 Å². The number of esters is 1. The lowest BCUT2D eigenvalue weighted by atomic mass is 10.1. The zero-order chi connectivity index (χ0) is 23.2. The van der Waals surface area contributed by atoms with Crippen molar-refractivity contribution in [1.82, 2.24) is 0 Å². The second kappa shape index (κ2) is 10.0. The van der Waals surface area contributed by atoms with Gasteiger partial charge in [0.15, 0.2) is 17.2 Å². The van der Waals surface area contributed by atoms with E-state index in [0.717, 1.165) is 28.0 Å². The largest absolute Gasteiger partial charge is 0.493 e. The van der Waals surface area contributed by atoms with Gasteiger partial charge in [0, 0.05) is 5.56 Å². The Bertz CT molecular complexity index is 1190. The minimum atomic E-state index is -0.489. The summed E-state index contributed by atoms with van der Waals surface area (Å²) in [5, 5.41) is 0. The Morgan fingerprint density at radius 1 is 0.879 bits per heavy atom. The van der Waals surface area contributed by atoms with Crippen LogP contribution in [0.25, 0.3) is 6.08 Å². The molecule has 33 heavy (non-hydrogen) atoms. The molecule has 6 heteroatoms. The molecule has 0 atom stereocenters. The molecule has 0 bridgehead atoms. The first-order chi connectivity index (χ1) is 16.0. The van der Waals surface area contributed by atoms with E-state index in [4.69, 9.17) is 18.9 Å². The molecule has 3 aromatic carbocycles. The van der Waals surface area contributed by atoms with Crippen LogP contribution in [0.1, 0.15) is 22.3 Å². The summed E-state index contributed by atoms with van der Waals surface area (Å²) in [5.41, 5.74) is 4.04. The number of ether oxygens (including phenoxy) is 4. The first-order valence-electron chi connectivity index (χ1n) is 10.6. The maximum atomic E-state index is 12.2. The maximum Gasteiger partial charge on any atom is 0.363 e. The van der Waals surface area contributed by atoms with Gasteiger partial charge in [0.1, 0.15) is 19.0 Å². The van der Waals surface area contributed by atoms with Gasteiger partial charge in [-0.25, -0.2) is 9.79 Å². The van der Waals surface area contributed by atoms with Crippen LogP contribution in [-0.4, -0.2) is 32.2 Å². The Morgan fingerprint density at radius 2 is 1.61 bits per heavy atom. The number of methoxy groups -OCH3 is 1. The molecule has 168 valence electrons. The van der Waals surface area contributed by atoms with E-state index >= 15 is 0 Å². The predicted molar refractivity (Wildman–Crippen MR) is 127 cm³/mol. The number of cyclic esters (lactones) is 1. The Morgan fingerprint density at radius 3 is 2.33 bits per heavy atom. The Labute approximate surface area is 193 Å². The van der Waals surface area contributed by atoms with E-state index in [2.05, 4.69) is 11.1 Å². The number of nitrogens with zero attached hydrogens (tertiary/aromatic N) is 1. The lowest BCUT2D eigenvalue weighted by molar-refractivity contribution is -0.129. The fourth-order valence-corrected chi connectivity index (χ4v) is 3.49. The van der Waals surface area contributed by atoms with E-state index in [-0.39, 0.29) is 5.70 Å². The molecule has 0 unspecified atom stereocenters. The number of carbonyl (C=O) groups is 1. The fraction of sp³-hybridized carbons (Fsp3) is 0.185. The van der Waals surface area contributed by atoms with Crippen molar-refractivity contribution in [3.05, 3.63) is 94.7 Å². The van der Waals surface area contributed by atoms with Crippen LogP contribution < -0.4 is 14.2 Å². The number of rotatable bonds is 8. The molecule has 0 aliphatic carbocycles. The molecular formula is C27H25NO5. The van der Waals surface area contributed by atoms with Crippen molar-refractivity contribution in [2.45, 2.75) is 13.8 Å². The first kappa shape index (κ1) is 22.1. The fourth-order valence-electron chi connectivity index (χ4n) is 3.49. The molecular weight excluding hydrogens is 418 g/mol. The van der Waals surface area contributed by atoms with Crippen LogP contribution in [0.2, 0.25) is 0 Å². The number of benzene rings is 3.